The van der Waals surface area contributed by atoms with Crippen LogP contribution in [0.15, 0.2) is 41.8 Å². The van der Waals surface area contributed by atoms with Crippen molar-refractivity contribution in [2.24, 2.45) is 0 Å². The predicted octanol–water partition coefficient (Wildman–Crippen LogP) is 3.54. The van der Waals surface area contributed by atoms with Crippen LogP contribution in [0.2, 0.25) is 0 Å². The fraction of sp³-hybridized carbons (Fsp3) is 0.190. The number of carbonyl (C=O) groups is 2. The molecule has 0 saturated carbocycles. The molecule has 3 rings (SSSR count). The third kappa shape index (κ3) is 5.54. The molecule has 0 aliphatic rings. The number of hydrogen-bond donors (Lipinski definition) is 1. The lowest BCUT2D eigenvalue weighted by Gasteiger charge is -2.08. The number of rotatable bonds is 9. The Kier molecular flexibility index (Phi) is 7.41. The van der Waals surface area contributed by atoms with Gasteiger partial charge in [-0.1, -0.05) is 0 Å². The molecule has 0 unspecified atom stereocenters. The fourth-order valence-electron chi connectivity index (χ4n) is 2.79. The molecule has 0 radical (unpaired) electrons. The Bertz CT molecular complexity index is 1190. The van der Waals surface area contributed by atoms with Crippen molar-refractivity contribution in [3.63, 3.8) is 0 Å². The van der Waals surface area contributed by atoms with Crippen LogP contribution in [-0.4, -0.2) is 49.7 Å². The molecule has 1 heterocycles. The van der Waals surface area contributed by atoms with Gasteiger partial charge in [0.15, 0.2) is 29.0 Å². The smallest absolute Gasteiger partial charge is 0.338 e. The topological polar surface area (TPSA) is 139 Å². The number of thiazole rings is 1. The molecule has 0 atom stereocenters. The number of aromatic nitrogens is 1. The van der Waals surface area contributed by atoms with Gasteiger partial charge in [0.2, 0.25) is 0 Å². The van der Waals surface area contributed by atoms with E-state index < -0.39 is 23.4 Å². The third-order valence-corrected chi connectivity index (χ3v) is 5.13. The molecule has 33 heavy (non-hydrogen) atoms. The maximum absolute atomic E-state index is 12.2. The molecule has 11 nitrogen and oxygen atoms in total. The van der Waals surface area contributed by atoms with Gasteiger partial charge < -0.3 is 18.9 Å². The molecule has 172 valence electrons. The Balaban J connectivity index is 1.61. The van der Waals surface area contributed by atoms with E-state index >= 15 is 0 Å². The van der Waals surface area contributed by atoms with Crippen LogP contribution >= 0.6 is 11.3 Å². The number of hydrogen-bond acceptors (Lipinski definition) is 10. The van der Waals surface area contributed by atoms with Gasteiger partial charge in [-0.2, -0.15) is 0 Å². The lowest BCUT2D eigenvalue weighted by molar-refractivity contribution is -0.385. The van der Waals surface area contributed by atoms with Gasteiger partial charge in [-0.25, -0.2) is 9.78 Å². The van der Waals surface area contributed by atoms with Gasteiger partial charge in [-0.3, -0.25) is 20.2 Å². The van der Waals surface area contributed by atoms with E-state index in [0.29, 0.717) is 22.3 Å². The average molecular weight is 473 g/mol. The molecular formula is C21H19N3O8S. The van der Waals surface area contributed by atoms with E-state index in [1.807, 2.05) is 0 Å². The summed E-state index contributed by atoms with van der Waals surface area (Å²) in [5.41, 5.74) is 0.901. The van der Waals surface area contributed by atoms with Gasteiger partial charge in [0.25, 0.3) is 5.91 Å². The fourth-order valence-corrected chi connectivity index (χ4v) is 3.52. The second-order valence-corrected chi connectivity index (χ2v) is 7.23. The first-order valence-corrected chi connectivity index (χ1v) is 10.2. The molecule has 0 spiro atoms. The monoisotopic (exact) mass is 473 g/mol. The van der Waals surface area contributed by atoms with E-state index in [1.54, 1.807) is 23.6 Å². The van der Waals surface area contributed by atoms with Crippen LogP contribution in [-0.2, 0) is 9.53 Å². The first-order valence-electron chi connectivity index (χ1n) is 9.33. The number of benzene rings is 2. The molecule has 0 bridgehead atoms. The number of nitrogens with one attached hydrogen (secondary N) is 1. The standard InChI is InChI=1S/C21H19N3O8S/c1-29-16-6-5-13(8-15(16)24(27)28)20(26)32-10-19(25)23-21-22-14(11-33-21)12-4-7-17(30-2)18(9-12)31-3/h4-9,11H,10H2,1-3H3,(H,22,23,25). The summed E-state index contributed by atoms with van der Waals surface area (Å²) in [4.78, 5) is 39.1. The van der Waals surface area contributed by atoms with Gasteiger partial charge in [0.1, 0.15) is 0 Å². The number of amides is 1. The van der Waals surface area contributed by atoms with Crippen molar-refractivity contribution in [1.82, 2.24) is 4.98 Å². The van der Waals surface area contributed by atoms with Crippen LogP contribution in [0.25, 0.3) is 11.3 Å². The van der Waals surface area contributed by atoms with Crippen LogP contribution in [0, 0.1) is 10.1 Å². The average Bonchev–Trinajstić information content (AvgIpc) is 3.29. The number of methoxy groups -OCH3 is 3. The molecule has 1 amide bonds. The number of nitro groups is 1. The Hall–Kier alpha value is -4.19. The normalized spacial score (nSPS) is 10.3. The lowest BCUT2D eigenvalue weighted by Crippen LogP contribution is -2.20. The maximum atomic E-state index is 12.2. The van der Waals surface area contributed by atoms with Crippen LogP contribution in [0.1, 0.15) is 10.4 Å². The number of anilines is 1. The minimum absolute atomic E-state index is 0.00310. The molecule has 0 saturated heterocycles. The second-order valence-electron chi connectivity index (χ2n) is 6.38. The number of ether oxygens (including phenoxy) is 4. The summed E-state index contributed by atoms with van der Waals surface area (Å²) in [7, 11) is 4.34. The zero-order chi connectivity index (χ0) is 24.0. The zero-order valence-electron chi connectivity index (χ0n) is 17.8. The molecule has 12 heteroatoms. The molecule has 0 fully saturated rings. The van der Waals surface area contributed by atoms with Gasteiger partial charge >= 0.3 is 11.7 Å². The SMILES string of the molecule is COc1ccc(-c2csc(NC(=O)COC(=O)c3ccc(OC)c([N+](=O)[O-])c3)n2)cc1OC. The molecule has 0 aliphatic carbocycles. The quantitative estimate of drug-likeness (QED) is 0.281. The van der Waals surface area contributed by atoms with Crippen molar-refractivity contribution in [3.8, 4) is 28.5 Å². The van der Waals surface area contributed by atoms with Gasteiger partial charge in [-0.05, 0) is 30.3 Å². The molecule has 2 aromatic carbocycles. The summed E-state index contributed by atoms with van der Waals surface area (Å²) in [6, 6.07) is 8.92. The summed E-state index contributed by atoms with van der Waals surface area (Å²) in [5.74, 6) is -0.378. The zero-order valence-corrected chi connectivity index (χ0v) is 18.6. The van der Waals surface area contributed by atoms with Crippen molar-refractivity contribution >= 4 is 34.0 Å². The summed E-state index contributed by atoms with van der Waals surface area (Å²) in [6.07, 6.45) is 0. The Morgan fingerprint density at radius 1 is 1.03 bits per heavy atom. The largest absolute Gasteiger partial charge is 0.493 e. The van der Waals surface area contributed by atoms with Crippen LogP contribution in [0.4, 0.5) is 10.8 Å². The molecule has 3 aromatic rings. The van der Waals surface area contributed by atoms with Crippen molar-refractivity contribution in [2.75, 3.05) is 33.3 Å². The number of carbonyl (C=O) groups excluding carboxylic acids is 2. The number of nitro benzene ring substituents is 1. The van der Waals surface area contributed by atoms with Crippen molar-refractivity contribution in [2.45, 2.75) is 0 Å². The minimum Gasteiger partial charge on any atom is -0.493 e. The number of nitrogens with zero attached hydrogens (tertiary/aromatic N) is 2. The van der Waals surface area contributed by atoms with Gasteiger partial charge in [0.05, 0.1) is 37.5 Å². The van der Waals surface area contributed by atoms with E-state index in [9.17, 15) is 19.7 Å². The molecular weight excluding hydrogens is 454 g/mol. The first-order chi connectivity index (χ1) is 15.9. The van der Waals surface area contributed by atoms with Crippen molar-refractivity contribution < 1.29 is 33.5 Å². The van der Waals surface area contributed by atoms with E-state index in [0.717, 1.165) is 11.6 Å². The second kappa shape index (κ2) is 10.4. The highest BCUT2D eigenvalue weighted by atomic mass is 32.1. The van der Waals surface area contributed by atoms with Crippen molar-refractivity contribution in [1.29, 1.82) is 0 Å². The highest BCUT2D eigenvalue weighted by Gasteiger charge is 2.20. The summed E-state index contributed by atoms with van der Waals surface area (Å²) < 4.78 is 20.3. The molecule has 0 aliphatic heterocycles. The van der Waals surface area contributed by atoms with Gasteiger partial charge in [0, 0.05) is 17.0 Å². The number of esters is 1. The summed E-state index contributed by atoms with van der Waals surface area (Å²) in [6.45, 7) is -0.593. The predicted molar refractivity (Wildman–Crippen MR) is 119 cm³/mol. The summed E-state index contributed by atoms with van der Waals surface area (Å²) >= 11 is 1.19. The van der Waals surface area contributed by atoms with Crippen LogP contribution in [0.5, 0.6) is 17.2 Å². The van der Waals surface area contributed by atoms with E-state index in [-0.39, 0.29) is 17.0 Å². The maximum Gasteiger partial charge on any atom is 0.338 e. The Morgan fingerprint density at radius 2 is 1.73 bits per heavy atom. The van der Waals surface area contributed by atoms with Crippen LogP contribution in [0.3, 0.4) is 0 Å². The lowest BCUT2D eigenvalue weighted by atomic mass is 10.1. The van der Waals surface area contributed by atoms with E-state index in [1.165, 1.54) is 44.8 Å². The highest BCUT2D eigenvalue weighted by Crippen LogP contribution is 2.33. The van der Waals surface area contributed by atoms with E-state index in [2.05, 4.69) is 10.3 Å². The van der Waals surface area contributed by atoms with Crippen molar-refractivity contribution in [3.05, 3.63) is 57.5 Å². The van der Waals surface area contributed by atoms with Gasteiger partial charge in [-0.15, -0.1) is 11.3 Å². The molecule has 1 aromatic heterocycles. The summed E-state index contributed by atoms with van der Waals surface area (Å²) in [5, 5.41) is 15.7. The Labute approximate surface area is 192 Å². The first kappa shape index (κ1) is 23.5. The minimum atomic E-state index is -0.888. The van der Waals surface area contributed by atoms with E-state index in [4.69, 9.17) is 18.9 Å². The van der Waals surface area contributed by atoms with Crippen LogP contribution < -0.4 is 19.5 Å². The molecule has 1 N–H and O–H groups in total. The third-order valence-electron chi connectivity index (χ3n) is 4.38. The Morgan fingerprint density at radius 3 is 2.39 bits per heavy atom. The highest BCUT2D eigenvalue weighted by molar-refractivity contribution is 7.14.